The highest BCUT2D eigenvalue weighted by Gasteiger charge is 2.36. The zero-order chi connectivity index (χ0) is 10.4. The molecule has 1 atom stereocenters. The fourth-order valence-corrected chi connectivity index (χ4v) is 2.86. The van der Waals surface area contributed by atoms with Gasteiger partial charge in [-0.1, -0.05) is 40.0 Å². The molecule has 1 aliphatic heterocycles. The predicted molar refractivity (Wildman–Crippen MR) is 63.6 cm³/mol. The summed E-state index contributed by atoms with van der Waals surface area (Å²) in [5, 5.41) is 3.80. The van der Waals surface area contributed by atoms with Crippen LogP contribution in [0.4, 0.5) is 0 Å². The molecule has 2 fully saturated rings. The van der Waals surface area contributed by atoms with Gasteiger partial charge in [0, 0.05) is 5.54 Å². The van der Waals surface area contributed by atoms with Gasteiger partial charge >= 0.3 is 0 Å². The van der Waals surface area contributed by atoms with Crippen LogP contribution in [-0.4, -0.2) is 12.1 Å². The molecule has 0 aromatic heterocycles. The third-order valence-electron chi connectivity index (χ3n) is 3.93. The van der Waals surface area contributed by atoms with E-state index in [9.17, 15) is 0 Å². The Morgan fingerprint density at radius 1 is 1.14 bits per heavy atom. The first kappa shape index (κ1) is 12.0. The topological polar surface area (TPSA) is 12.0 Å². The first-order chi connectivity index (χ1) is 6.85. The van der Waals surface area contributed by atoms with E-state index < -0.39 is 0 Å². The zero-order valence-corrected chi connectivity index (χ0v) is 10.2. The standard InChI is InChI=1S/C11H21N.C2H6/c1-2-10-5-8-11(12-9-10)6-3-4-7-11;1-2/h10,12H,2-9H2,1H3;1-2H3. The van der Waals surface area contributed by atoms with E-state index >= 15 is 0 Å². The SMILES string of the molecule is CC.CCC1CCC2(CCCC2)NC1. The Morgan fingerprint density at radius 3 is 2.21 bits per heavy atom. The van der Waals surface area contributed by atoms with Gasteiger partial charge in [-0.15, -0.1) is 0 Å². The van der Waals surface area contributed by atoms with Crippen molar-refractivity contribution in [2.24, 2.45) is 5.92 Å². The average molecular weight is 197 g/mol. The third-order valence-corrected chi connectivity index (χ3v) is 3.93. The number of nitrogens with one attached hydrogen (secondary N) is 1. The van der Waals surface area contributed by atoms with Crippen LogP contribution in [-0.2, 0) is 0 Å². The van der Waals surface area contributed by atoms with Crippen molar-refractivity contribution in [1.82, 2.24) is 5.32 Å². The molecule has 84 valence electrons. The summed E-state index contributed by atoms with van der Waals surface area (Å²) in [6.07, 6.45) is 10.1. The summed E-state index contributed by atoms with van der Waals surface area (Å²) in [5.74, 6) is 0.969. The van der Waals surface area contributed by atoms with Crippen molar-refractivity contribution >= 4 is 0 Å². The second kappa shape index (κ2) is 5.75. The summed E-state index contributed by atoms with van der Waals surface area (Å²) < 4.78 is 0. The Morgan fingerprint density at radius 2 is 1.79 bits per heavy atom. The summed E-state index contributed by atoms with van der Waals surface area (Å²) in [7, 11) is 0. The highest BCUT2D eigenvalue weighted by atomic mass is 15.0. The maximum absolute atomic E-state index is 3.80. The van der Waals surface area contributed by atoms with Gasteiger partial charge in [0.2, 0.25) is 0 Å². The van der Waals surface area contributed by atoms with E-state index in [1.54, 1.807) is 0 Å². The lowest BCUT2D eigenvalue weighted by molar-refractivity contribution is 0.207. The Hall–Kier alpha value is -0.0400. The zero-order valence-electron chi connectivity index (χ0n) is 10.2. The number of hydrogen-bond donors (Lipinski definition) is 1. The molecular weight excluding hydrogens is 170 g/mol. The van der Waals surface area contributed by atoms with Gasteiger partial charge < -0.3 is 5.32 Å². The molecule has 0 radical (unpaired) electrons. The van der Waals surface area contributed by atoms with E-state index in [1.807, 2.05) is 13.8 Å². The lowest BCUT2D eigenvalue weighted by Crippen LogP contribution is -2.49. The summed E-state index contributed by atoms with van der Waals surface area (Å²) >= 11 is 0. The molecule has 1 saturated carbocycles. The molecule has 0 aromatic rings. The molecular formula is C13H27N. The van der Waals surface area contributed by atoms with Crippen molar-refractivity contribution in [3.8, 4) is 0 Å². The van der Waals surface area contributed by atoms with Gasteiger partial charge in [0.15, 0.2) is 0 Å². The third kappa shape index (κ3) is 2.73. The first-order valence-corrected chi connectivity index (χ1v) is 6.60. The molecule has 0 aromatic carbocycles. The Balaban J connectivity index is 0.000000461. The Kier molecular flexibility index (Phi) is 4.94. The minimum atomic E-state index is 0.603. The van der Waals surface area contributed by atoms with Gasteiger partial charge in [-0.2, -0.15) is 0 Å². The van der Waals surface area contributed by atoms with Gasteiger partial charge in [0.05, 0.1) is 0 Å². The van der Waals surface area contributed by atoms with Crippen molar-refractivity contribution in [1.29, 1.82) is 0 Å². The minimum Gasteiger partial charge on any atom is -0.311 e. The summed E-state index contributed by atoms with van der Waals surface area (Å²) in [4.78, 5) is 0. The lowest BCUT2D eigenvalue weighted by Gasteiger charge is -2.38. The van der Waals surface area contributed by atoms with Gasteiger partial charge in [-0.25, -0.2) is 0 Å². The largest absolute Gasteiger partial charge is 0.311 e. The van der Waals surface area contributed by atoms with Crippen LogP contribution < -0.4 is 5.32 Å². The molecule has 1 nitrogen and oxygen atoms in total. The van der Waals surface area contributed by atoms with E-state index in [0.717, 1.165) is 5.92 Å². The molecule has 0 amide bonds. The van der Waals surface area contributed by atoms with Crippen LogP contribution >= 0.6 is 0 Å². The molecule has 1 spiro atoms. The maximum atomic E-state index is 3.80. The molecule has 1 N–H and O–H groups in total. The van der Waals surface area contributed by atoms with E-state index in [4.69, 9.17) is 0 Å². The monoisotopic (exact) mass is 197 g/mol. The Labute approximate surface area is 89.7 Å². The van der Waals surface area contributed by atoms with Crippen LogP contribution in [0.25, 0.3) is 0 Å². The van der Waals surface area contributed by atoms with Crippen LogP contribution in [0.5, 0.6) is 0 Å². The van der Waals surface area contributed by atoms with Crippen molar-refractivity contribution in [3.05, 3.63) is 0 Å². The van der Waals surface area contributed by atoms with Crippen LogP contribution in [0.1, 0.15) is 65.7 Å². The molecule has 2 rings (SSSR count). The van der Waals surface area contributed by atoms with Crippen LogP contribution in [0.3, 0.4) is 0 Å². The predicted octanol–water partition coefficient (Wildman–Crippen LogP) is 3.74. The lowest BCUT2D eigenvalue weighted by atomic mass is 9.82. The van der Waals surface area contributed by atoms with E-state index in [0.29, 0.717) is 5.54 Å². The molecule has 0 bridgehead atoms. The van der Waals surface area contributed by atoms with Gasteiger partial charge in [0.25, 0.3) is 0 Å². The molecule has 1 unspecified atom stereocenters. The second-order valence-electron chi connectivity index (χ2n) is 4.68. The highest BCUT2D eigenvalue weighted by molar-refractivity contribution is 4.96. The quantitative estimate of drug-likeness (QED) is 0.675. The molecule has 1 heterocycles. The van der Waals surface area contributed by atoms with Gasteiger partial charge in [0.1, 0.15) is 0 Å². The van der Waals surface area contributed by atoms with Gasteiger partial charge in [-0.05, 0) is 38.1 Å². The molecule has 1 heteroatoms. The van der Waals surface area contributed by atoms with Crippen molar-refractivity contribution in [2.45, 2.75) is 71.3 Å². The first-order valence-electron chi connectivity index (χ1n) is 6.60. The smallest absolute Gasteiger partial charge is 0.0181 e. The normalized spacial score (nSPS) is 29.8. The fourth-order valence-electron chi connectivity index (χ4n) is 2.86. The van der Waals surface area contributed by atoms with Crippen molar-refractivity contribution < 1.29 is 0 Å². The van der Waals surface area contributed by atoms with Crippen molar-refractivity contribution in [2.75, 3.05) is 6.54 Å². The number of hydrogen-bond acceptors (Lipinski definition) is 1. The molecule has 1 aliphatic carbocycles. The molecule has 1 saturated heterocycles. The average Bonchev–Trinajstić information content (AvgIpc) is 2.71. The van der Waals surface area contributed by atoms with Crippen LogP contribution in [0.2, 0.25) is 0 Å². The summed E-state index contributed by atoms with van der Waals surface area (Å²) in [6, 6.07) is 0. The highest BCUT2D eigenvalue weighted by Crippen LogP contribution is 2.37. The second-order valence-corrected chi connectivity index (χ2v) is 4.68. The van der Waals surface area contributed by atoms with E-state index in [2.05, 4.69) is 12.2 Å². The van der Waals surface area contributed by atoms with Crippen LogP contribution in [0.15, 0.2) is 0 Å². The number of rotatable bonds is 1. The Bertz CT molecular complexity index is 137. The van der Waals surface area contributed by atoms with Crippen LogP contribution in [0, 0.1) is 5.92 Å². The summed E-state index contributed by atoms with van der Waals surface area (Å²) in [5.41, 5.74) is 0.603. The minimum absolute atomic E-state index is 0.603. The molecule has 2 aliphatic rings. The summed E-state index contributed by atoms with van der Waals surface area (Å²) in [6.45, 7) is 7.61. The maximum Gasteiger partial charge on any atom is 0.0181 e. The molecule has 14 heavy (non-hydrogen) atoms. The number of piperidine rings is 1. The fraction of sp³-hybridized carbons (Fsp3) is 1.00. The van der Waals surface area contributed by atoms with Gasteiger partial charge in [-0.3, -0.25) is 0 Å². The van der Waals surface area contributed by atoms with Crippen molar-refractivity contribution in [3.63, 3.8) is 0 Å². The van der Waals surface area contributed by atoms with E-state index in [1.165, 1.54) is 51.5 Å². The van der Waals surface area contributed by atoms with E-state index in [-0.39, 0.29) is 0 Å².